The predicted octanol–water partition coefficient (Wildman–Crippen LogP) is 5.05. The summed E-state index contributed by atoms with van der Waals surface area (Å²) in [5, 5.41) is 0. The van der Waals surface area contributed by atoms with Gasteiger partial charge in [-0.2, -0.15) is 0 Å². The predicted molar refractivity (Wildman–Crippen MR) is 120 cm³/mol. The first-order chi connectivity index (χ1) is 13.5. The van der Waals surface area contributed by atoms with Crippen molar-refractivity contribution < 1.29 is 14.3 Å². The number of nitrogens with zero attached hydrogens (tertiary/aromatic N) is 1. The monoisotopic (exact) mass is 419 g/mol. The standard InChI is InChI=1S/C24H33NO3.ClH/c1-5-13-22(6-2)28-24(20-14-9-7-10-15-20,21-16-11-8-12-17-21)23(26)27-19-18-25(3)4;/h7-12,14-17,22H,5-6,13,18-19H2,1-4H3;1H. The Kier molecular flexibility index (Phi) is 11.0. The highest BCUT2D eigenvalue weighted by Gasteiger charge is 2.46. The summed E-state index contributed by atoms with van der Waals surface area (Å²) in [7, 11) is 3.92. The van der Waals surface area contributed by atoms with Gasteiger partial charge in [-0.3, -0.25) is 0 Å². The molecule has 0 aromatic heterocycles. The topological polar surface area (TPSA) is 38.8 Å². The van der Waals surface area contributed by atoms with Crippen LogP contribution in [-0.2, 0) is 19.9 Å². The van der Waals surface area contributed by atoms with Crippen molar-refractivity contribution in [3.05, 3.63) is 71.8 Å². The van der Waals surface area contributed by atoms with E-state index < -0.39 is 5.60 Å². The summed E-state index contributed by atoms with van der Waals surface area (Å²) in [6.07, 6.45) is 2.68. The van der Waals surface area contributed by atoms with Gasteiger partial charge in [-0.05, 0) is 38.1 Å². The van der Waals surface area contributed by atoms with Crippen molar-refractivity contribution in [1.29, 1.82) is 0 Å². The summed E-state index contributed by atoms with van der Waals surface area (Å²) in [5.41, 5.74) is 0.321. The summed E-state index contributed by atoms with van der Waals surface area (Å²) in [5.74, 6) is -0.360. The van der Waals surface area contributed by atoms with Crippen LogP contribution in [0.25, 0.3) is 0 Å². The van der Waals surface area contributed by atoms with Crippen molar-refractivity contribution in [1.82, 2.24) is 4.90 Å². The SMILES string of the molecule is CCCC(CC)OC(C(=O)OCCN(C)C)(c1ccccc1)c1ccccc1.Cl. The second kappa shape index (κ2) is 12.6. The Hall–Kier alpha value is -1.88. The van der Waals surface area contributed by atoms with Gasteiger partial charge in [-0.15, -0.1) is 12.4 Å². The Morgan fingerprint density at radius 1 is 0.966 bits per heavy atom. The Morgan fingerprint density at radius 2 is 1.48 bits per heavy atom. The number of hydrogen-bond acceptors (Lipinski definition) is 4. The van der Waals surface area contributed by atoms with Gasteiger partial charge in [0.15, 0.2) is 0 Å². The molecular formula is C24H34ClNO3. The van der Waals surface area contributed by atoms with Gasteiger partial charge < -0.3 is 14.4 Å². The average Bonchev–Trinajstić information content (AvgIpc) is 2.72. The fraction of sp³-hybridized carbons (Fsp3) is 0.458. The minimum absolute atomic E-state index is 0. The molecule has 0 fully saturated rings. The molecule has 0 bridgehead atoms. The van der Waals surface area contributed by atoms with Gasteiger partial charge in [0.05, 0.1) is 6.10 Å². The molecule has 0 amide bonds. The van der Waals surface area contributed by atoms with Crippen molar-refractivity contribution in [3.63, 3.8) is 0 Å². The minimum atomic E-state index is -1.27. The summed E-state index contributed by atoms with van der Waals surface area (Å²) >= 11 is 0. The summed E-state index contributed by atoms with van der Waals surface area (Å²) in [6.45, 7) is 5.21. The lowest BCUT2D eigenvalue weighted by Gasteiger charge is -2.36. The van der Waals surface area contributed by atoms with Gasteiger partial charge in [0.1, 0.15) is 6.61 Å². The van der Waals surface area contributed by atoms with Gasteiger partial charge in [-0.1, -0.05) is 80.9 Å². The molecule has 0 saturated carbocycles. The number of hydrogen-bond donors (Lipinski definition) is 0. The van der Waals surface area contributed by atoms with Crippen LogP contribution in [0.2, 0.25) is 0 Å². The second-order valence-corrected chi connectivity index (χ2v) is 7.29. The van der Waals surface area contributed by atoms with Crippen molar-refractivity contribution in [2.24, 2.45) is 0 Å². The Bertz CT molecular complexity index is 667. The van der Waals surface area contributed by atoms with Crippen LogP contribution in [0.5, 0.6) is 0 Å². The van der Waals surface area contributed by atoms with Crippen LogP contribution in [0.4, 0.5) is 0 Å². The van der Waals surface area contributed by atoms with E-state index in [1.807, 2.05) is 79.7 Å². The molecule has 0 aliphatic rings. The van der Waals surface area contributed by atoms with Gasteiger partial charge in [0, 0.05) is 6.54 Å². The van der Waals surface area contributed by atoms with Crippen LogP contribution in [0, 0.1) is 0 Å². The fourth-order valence-corrected chi connectivity index (χ4v) is 3.27. The quantitative estimate of drug-likeness (QED) is 0.477. The number of halogens is 1. The lowest BCUT2D eigenvalue weighted by molar-refractivity contribution is -0.176. The van der Waals surface area contributed by atoms with Gasteiger partial charge in [0.25, 0.3) is 0 Å². The Balaban J connectivity index is 0.00000420. The second-order valence-electron chi connectivity index (χ2n) is 7.29. The third-order valence-corrected chi connectivity index (χ3v) is 4.83. The largest absolute Gasteiger partial charge is 0.462 e. The number of esters is 1. The lowest BCUT2D eigenvalue weighted by Crippen LogP contribution is -2.44. The van der Waals surface area contributed by atoms with E-state index in [1.54, 1.807) is 0 Å². The minimum Gasteiger partial charge on any atom is -0.462 e. The van der Waals surface area contributed by atoms with Crippen molar-refractivity contribution in [2.75, 3.05) is 27.2 Å². The maximum absolute atomic E-state index is 13.5. The summed E-state index contributed by atoms with van der Waals surface area (Å²) in [4.78, 5) is 15.5. The van der Waals surface area contributed by atoms with Crippen LogP contribution < -0.4 is 0 Å². The van der Waals surface area contributed by atoms with E-state index in [1.165, 1.54) is 0 Å². The van der Waals surface area contributed by atoms with E-state index in [-0.39, 0.29) is 24.5 Å². The van der Waals surface area contributed by atoms with Crippen molar-refractivity contribution >= 4 is 18.4 Å². The first-order valence-electron chi connectivity index (χ1n) is 10.1. The fourth-order valence-electron chi connectivity index (χ4n) is 3.27. The van der Waals surface area contributed by atoms with Gasteiger partial charge in [-0.25, -0.2) is 4.79 Å². The molecule has 0 N–H and O–H groups in total. The average molecular weight is 420 g/mol. The molecule has 0 saturated heterocycles. The van der Waals surface area contributed by atoms with Crippen molar-refractivity contribution in [3.8, 4) is 0 Å². The maximum Gasteiger partial charge on any atom is 0.347 e. The molecule has 0 radical (unpaired) electrons. The van der Waals surface area contributed by atoms with E-state index in [9.17, 15) is 4.79 Å². The molecule has 2 aromatic rings. The number of rotatable bonds is 11. The van der Waals surface area contributed by atoms with E-state index in [0.717, 1.165) is 30.4 Å². The molecular weight excluding hydrogens is 386 g/mol. The Morgan fingerprint density at radius 3 is 1.90 bits per heavy atom. The summed E-state index contributed by atoms with van der Waals surface area (Å²) in [6, 6.07) is 19.4. The zero-order valence-corrected chi connectivity index (χ0v) is 18.8. The molecule has 1 atom stereocenters. The number of carbonyl (C=O) groups excluding carboxylic acids is 1. The van der Waals surface area contributed by atoms with Crippen LogP contribution in [0.15, 0.2) is 60.7 Å². The zero-order valence-electron chi connectivity index (χ0n) is 18.0. The van der Waals surface area contributed by atoms with Crippen LogP contribution in [0.1, 0.15) is 44.2 Å². The van der Waals surface area contributed by atoms with E-state index in [0.29, 0.717) is 13.2 Å². The number of likely N-dealkylation sites (N-methyl/N-ethyl adjacent to an activating group) is 1. The highest BCUT2D eigenvalue weighted by molar-refractivity contribution is 5.86. The van der Waals surface area contributed by atoms with E-state index in [2.05, 4.69) is 13.8 Å². The first kappa shape index (κ1) is 25.2. The van der Waals surface area contributed by atoms with Crippen LogP contribution in [0.3, 0.4) is 0 Å². The molecule has 2 aromatic carbocycles. The maximum atomic E-state index is 13.5. The number of ether oxygens (including phenoxy) is 2. The van der Waals surface area contributed by atoms with E-state index in [4.69, 9.17) is 9.47 Å². The molecule has 0 heterocycles. The highest BCUT2D eigenvalue weighted by Crippen LogP contribution is 2.37. The zero-order chi connectivity index (χ0) is 20.4. The smallest absolute Gasteiger partial charge is 0.347 e. The van der Waals surface area contributed by atoms with Crippen LogP contribution >= 0.6 is 12.4 Å². The van der Waals surface area contributed by atoms with Crippen LogP contribution in [-0.4, -0.2) is 44.2 Å². The summed E-state index contributed by atoms with van der Waals surface area (Å²) < 4.78 is 12.4. The lowest BCUT2D eigenvalue weighted by atomic mass is 9.85. The molecule has 160 valence electrons. The molecule has 2 rings (SSSR count). The van der Waals surface area contributed by atoms with Gasteiger partial charge in [0.2, 0.25) is 5.60 Å². The molecule has 0 spiro atoms. The molecule has 0 aliphatic carbocycles. The molecule has 0 aliphatic heterocycles. The molecule has 1 unspecified atom stereocenters. The Labute approximate surface area is 181 Å². The van der Waals surface area contributed by atoms with Crippen molar-refractivity contribution in [2.45, 2.75) is 44.8 Å². The molecule has 4 nitrogen and oxygen atoms in total. The first-order valence-corrected chi connectivity index (χ1v) is 10.1. The molecule has 29 heavy (non-hydrogen) atoms. The third kappa shape index (κ3) is 6.56. The van der Waals surface area contributed by atoms with E-state index >= 15 is 0 Å². The molecule has 5 heteroatoms. The third-order valence-electron chi connectivity index (χ3n) is 4.83. The van der Waals surface area contributed by atoms with Gasteiger partial charge >= 0.3 is 5.97 Å². The highest BCUT2D eigenvalue weighted by atomic mass is 35.5. The number of carbonyl (C=O) groups is 1. The number of benzene rings is 2. The normalized spacial score (nSPS) is 12.3.